The van der Waals surface area contributed by atoms with Gasteiger partial charge in [-0.05, 0) is 105 Å². The van der Waals surface area contributed by atoms with E-state index in [2.05, 4.69) is 70.5 Å². The van der Waals surface area contributed by atoms with Crippen molar-refractivity contribution in [1.29, 1.82) is 0 Å². The lowest BCUT2D eigenvalue weighted by atomic mass is 9.90. The maximum Gasteiger partial charge on any atom is 0.407 e. The van der Waals surface area contributed by atoms with Gasteiger partial charge in [-0.2, -0.15) is 0 Å². The SMILES string of the molecule is C=C(CC)[C@@H](CC)N(C(O)[C@H](C)NC(=O)OC)[C@@H](C)c1nc2ccc3cc4c(cc3c2[nH]1)OCc1cc(-c2cnc([C@H](C)N(C[C@H](C)COC)C(=O)[C@@H](NC(=O)OC)C3CCOCC3)[nH]2)ccc1-4. The van der Waals surface area contributed by atoms with Gasteiger partial charge in [0.05, 0.1) is 61.9 Å². The van der Waals surface area contributed by atoms with E-state index >= 15 is 0 Å². The number of benzene rings is 3. The molecule has 17 heteroatoms. The van der Waals surface area contributed by atoms with Crippen molar-refractivity contribution in [3.8, 4) is 28.1 Å². The first-order chi connectivity index (χ1) is 32.7. The minimum atomic E-state index is -1.07. The Labute approximate surface area is 398 Å². The minimum absolute atomic E-state index is 0.0103. The summed E-state index contributed by atoms with van der Waals surface area (Å²) in [6.45, 7) is 18.4. The Morgan fingerprint density at radius 2 is 1.66 bits per heavy atom. The second kappa shape index (κ2) is 22.0. The van der Waals surface area contributed by atoms with Gasteiger partial charge in [0.15, 0.2) is 0 Å². The van der Waals surface area contributed by atoms with Gasteiger partial charge < -0.3 is 54.3 Å². The fraction of sp³-hybridized carbons (Fsp3) is 0.510. The molecule has 1 saturated heterocycles. The van der Waals surface area contributed by atoms with E-state index in [0.717, 1.165) is 67.5 Å². The zero-order valence-electron chi connectivity index (χ0n) is 40.8. The highest BCUT2D eigenvalue weighted by Gasteiger charge is 2.38. The van der Waals surface area contributed by atoms with Crippen LogP contribution in [0.4, 0.5) is 9.59 Å². The van der Waals surface area contributed by atoms with Crippen molar-refractivity contribution in [2.45, 2.75) is 110 Å². The molecule has 0 bridgehead atoms. The van der Waals surface area contributed by atoms with E-state index in [9.17, 15) is 19.5 Å². The predicted molar refractivity (Wildman–Crippen MR) is 260 cm³/mol. The number of nitrogens with one attached hydrogen (secondary N) is 4. The van der Waals surface area contributed by atoms with Crippen molar-refractivity contribution in [2.24, 2.45) is 11.8 Å². The molecule has 7 rings (SSSR count). The van der Waals surface area contributed by atoms with E-state index in [1.165, 1.54) is 14.2 Å². The zero-order chi connectivity index (χ0) is 48.8. The van der Waals surface area contributed by atoms with Crippen LogP contribution in [0.5, 0.6) is 5.75 Å². The third-order valence-corrected chi connectivity index (χ3v) is 13.6. The number of carbonyl (C=O) groups excluding carboxylic acids is 3. The summed E-state index contributed by atoms with van der Waals surface area (Å²) in [5.74, 6) is 1.73. The average Bonchev–Trinajstić information content (AvgIpc) is 4.04. The summed E-state index contributed by atoms with van der Waals surface area (Å²) in [4.78, 5) is 59.9. The number of aromatic amines is 2. The number of hydrogen-bond acceptors (Lipinski definition) is 12. The number of methoxy groups -OCH3 is 3. The number of amides is 3. The third kappa shape index (κ3) is 10.5. The van der Waals surface area contributed by atoms with Crippen molar-refractivity contribution in [3.05, 3.63) is 78.0 Å². The minimum Gasteiger partial charge on any atom is -0.488 e. The molecule has 5 aromatic rings. The van der Waals surface area contributed by atoms with E-state index < -0.39 is 36.5 Å². The monoisotopic (exact) mass is 937 g/mol. The first-order valence-corrected chi connectivity index (χ1v) is 23.7. The first-order valence-electron chi connectivity index (χ1n) is 23.7. The van der Waals surface area contributed by atoms with Gasteiger partial charge in [0.25, 0.3) is 0 Å². The van der Waals surface area contributed by atoms with E-state index in [4.69, 9.17) is 33.7 Å². The number of alkyl carbamates (subject to hydrolysis) is 2. The van der Waals surface area contributed by atoms with E-state index in [-0.39, 0.29) is 29.8 Å². The molecule has 7 atom stereocenters. The van der Waals surface area contributed by atoms with Crippen LogP contribution in [0.1, 0.15) is 96.5 Å². The second-order valence-corrected chi connectivity index (χ2v) is 18.2. The van der Waals surface area contributed by atoms with Gasteiger partial charge in [-0.3, -0.25) is 9.69 Å². The lowest BCUT2D eigenvalue weighted by Gasteiger charge is -2.41. The van der Waals surface area contributed by atoms with Crippen molar-refractivity contribution in [3.63, 3.8) is 0 Å². The smallest absolute Gasteiger partial charge is 0.407 e. The Morgan fingerprint density at radius 3 is 2.35 bits per heavy atom. The number of hydrogen-bond donors (Lipinski definition) is 5. The standard InChI is InChI=1S/C51H68N8O9/c1-11-29(4)42(12-2)59(48(60)30(5)53-50(62)65-9)32(7)47-54-40-16-14-34-22-39-37-15-13-35(21-36(37)27-68-43(39)23-38(34)45(40)56-47)41-24-52-46(55-41)31(6)58(25-28(3)26-64-8)49(61)44(57-51(63)66-10)33-17-19-67-20-18-33/h13-16,21-24,28,30-33,42,44,48,60H,4,11-12,17-20,25-27H2,1-3,5-10H3,(H,52,55)(H,53,62)(H,54,56)(H,57,63)/t28-,30-,31-,32-,42+,44-,48?/m0/s1. The second-order valence-electron chi connectivity index (χ2n) is 18.2. The number of aliphatic hydroxyl groups is 1. The molecule has 2 aliphatic heterocycles. The average molecular weight is 937 g/mol. The molecule has 0 spiro atoms. The molecule has 0 saturated carbocycles. The van der Waals surface area contributed by atoms with Crippen molar-refractivity contribution in [1.82, 2.24) is 40.4 Å². The molecule has 3 aromatic carbocycles. The summed E-state index contributed by atoms with van der Waals surface area (Å²) in [7, 11) is 4.23. The van der Waals surface area contributed by atoms with Crippen LogP contribution >= 0.6 is 0 Å². The number of ether oxygens (including phenoxy) is 5. The molecule has 2 aromatic heterocycles. The fourth-order valence-corrected chi connectivity index (χ4v) is 9.78. The topological polar surface area (TPSA) is 205 Å². The summed E-state index contributed by atoms with van der Waals surface area (Å²) in [5, 5.41) is 19.3. The molecule has 17 nitrogen and oxygen atoms in total. The van der Waals surface area contributed by atoms with Crippen LogP contribution in [0.25, 0.3) is 44.2 Å². The molecule has 1 unspecified atom stereocenters. The summed E-state index contributed by atoms with van der Waals surface area (Å²) >= 11 is 0. The van der Waals surface area contributed by atoms with Gasteiger partial charge in [0, 0.05) is 43.9 Å². The van der Waals surface area contributed by atoms with Gasteiger partial charge in [-0.15, -0.1) is 0 Å². The van der Waals surface area contributed by atoms with Gasteiger partial charge in [-0.25, -0.2) is 19.6 Å². The lowest BCUT2D eigenvalue weighted by Crippen LogP contribution is -2.55. The molecule has 68 heavy (non-hydrogen) atoms. The fourth-order valence-electron chi connectivity index (χ4n) is 9.78. The molecule has 366 valence electrons. The zero-order valence-corrected chi connectivity index (χ0v) is 40.8. The Kier molecular flexibility index (Phi) is 16.1. The Morgan fingerprint density at radius 1 is 0.926 bits per heavy atom. The van der Waals surface area contributed by atoms with Crippen LogP contribution < -0.4 is 15.4 Å². The number of rotatable bonds is 19. The summed E-state index contributed by atoms with van der Waals surface area (Å²) < 4.78 is 27.3. The van der Waals surface area contributed by atoms with Crippen LogP contribution in [-0.4, -0.2) is 125 Å². The summed E-state index contributed by atoms with van der Waals surface area (Å²) in [6, 6.07) is 12.1. The highest BCUT2D eigenvalue weighted by atomic mass is 16.5. The molecule has 4 heterocycles. The first kappa shape index (κ1) is 49.9. The molecular weight excluding hydrogens is 869 g/mol. The van der Waals surface area contributed by atoms with Gasteiger partial charge in [0.1, 0.15) is 36.3 Å². The highest BCUT2D eigenvalue weighted by Crippen LogP contribution is 2.43. The Bertz CT molecular complexity index is 2590. The van der Waals surface area contributed by atoms with Crippen LogP contribution in [0.2, 0.25) is 0 Å². The number of aromatic nitrogens is 4. The number of fused-ring (bicyclic) bond motifs is 6. The number of imidazole rings is 2. The lowest BCUT2D eigenvalue weighted by molar-refractivity contribution is -0.139. The van der Waals surface area contributed by atoms with Crippen LogP contribution in [-0.2, 0) is 30.3 Å². The maximum absolute atomic E-state index is 14.5. The number of H-pyrrole nitrogens is 2. The van der Waals surface area contributed by atoms with Crippen molar-refractivity contribution >= 4 is 39.9 Å². The van der Waals surface area contributed by atoms with E-state index in [1.54, 1.807) is 25.1 Å². The van der Waals surface area contributed by atoms with E-state index in [1.807, 2.05) is 38.7 Å². The molecule has 0 radical (unpaired) electrons. The Balaban J connectivity index is 1.15. The summed E-state index contributed by atoms with van der Waals surface area (Å²) in [6.07, 6.45) is 2.15. The molecule has 3 amide bonds. The van der Waals surface area contributed by atoms with E-state index in [0.29, 0.717) is 63.9 Å². The van der Waals surface area contributed by atoms with Gasteiger partial charge in [0.2, 0.25) is 5.91 Å². The predicted octanol–water partition coefficient (Wildman–Crippen LogP) is 8.16. The highest BCUT2D eigenvalue weighted by molar-refractivity contribution is 6.07. The molecule has 2 aliphatic rings. The quantitative estimate of drug-likeness (QED) is 0.0393. The maximum atomic E-state index is 14.5. The number of nitrogens with zero attached hydrogens (tertiary/aromatic N) is 4. The van der Waals surface area contributed by atoms with Gasteiger partial charge >= 0.3 is 12.2 Å². The molecule has 0 aliphatic carbocycles. The van der Waals surface area contributed by atoms with Gasteiger partial charge in [-0.1, -0.05) is 51.1 Å². The van der Waals surface area contributed by atoms with Crippen LogP contribution in [0.15, 0.2) is 60.8 Å². The summed E-state index contributed by atoms with van der Waals surface area (Å²) in [5.41, 5.74) is 7.36. The Hall–Kier alpha value is -6.01. The molecule has 5 N–H and O–H groups in total. The molecule has 1 fully saturated rings. The number of carbonyl (C=O) groups is 3. The third-order valence-electron chi connectivity index (χ3n) is 13.6. The van der Waals surface area contributed by atoms with Crippen molar-refractivity contribution < 1.29 is 43.2 Å². The van der Waals surface area contributed by atoms with Crippen molar-refractivity contribution in [2.75, 3.05) is 47.7 Å². The normalized spacial score (nSPS) is 16.9. The molecular formula is C51H68N8O9. The number of aliphatic hydroxyl groups excluding tert-OH is 1. The van der Waals surface area contributed by atoms with Crippen LogP contribution in [0, 0.1) is 11.8 Å². The van der Waals surface area contributed by atoms with Crippen LogP contribution in [0.3, 0.4) is 0 Å². The largest absolute Gasteiger partial charge is 0.488 e.